The number of ketones is 2. The number of fused-ring (bicyclic) bond motifs is 2. The summed E-state index contributed by atoms with van der Waals surface area (Å²) in [6.45, 7) is 6.04. The van der Waals surface area contributed by atoms with Crippen LogP contribution in [0.2, 0.25) is 0 Å². The normalized spacial score (nSPS) is 40.7. The first-order valence-electron chi connectivity index (χ1n) is 4.50. The van der Waals surface area contributed by atoms with Crippen LogP contribution in [-0.2, 0) is 9.59 Å². The third-order valence-electron chi connectivity index (χ3n) is 4.27. The molecule has 13 heavy (non-hydrogen) atoms. The van der Waals surface area contributed by atoms with Gasteiger partial charge in [-0.05, 0) is 18.3 Å². The van der Waals surface area contributed by atoms with E-state index in [0.717, 1.165) is 12.8 Å². The Morgan fingerprint density at radius 3 is 2.00 bits per heavy atom. The van der Waals surface area contributed by atoms with Crippen LogP contribution in [0.4, 0.5) is 0 Å². The van der Waals surface area contributed by atoms with E-state index >= 15 is 0 Å². The second kappa shape index (κ2) is 2.87. The summed E-state index contributed by atoms with van der Waals surface area (Å²) in [6.07, 6.45) is 1.81. The molecule has 70 valence electrons. The fourth-order valence-electron chi connectivity index (χ4n) is 2.80. The summed E-state index contributed by atoms with van der Waals surface area (Å²) >= 11 is 0. The van der Waals surface area contributed by atoms with E-state index in [0.29, 0.717) is 0 Å². The molecule has 2 nitrogen and oxygen atoms in total. The SMILES string of the molecule is CC12CCC(C(=O)C1=O)C2(C)C.[Pb]. The van der Waals surface area contributed by atoms with Gasteiger partial charge in [0.05, 0.1) is 0 Å². The molecular formula is C10H14O2Pb. The van der Waals surface area contributed by atoms with Gasteiger partial charge in [0.2, 0.25) is 11.6 Å². The Kier molecular flexibility index (Phi) is 2.51. The second-order valence-corrected chi connectivity index (χ2v) is 4.84. The molecule has 4 radical (unpaired) electrons. The zero-order valence-electron chi connectivity index (χ0n) is 8.31. The van der Waals surface area contributed by atoms with Crippen molar-refractivity contribution >= 4 is 38.9 Å². The van der Waals surface area contributed by atoms with Crippen molar-refractivity contribution < 1.29 is 9.59 Å². The minimum Gasteiger partial charge on any atom is -0.291 e. The van der Waals surface area contributed by atoms with E-state index in [4.69, 9.17) is 0 Å². The van der Waals surface area contributed by atoms with Crippen LogP contribution < -0.4 is 0 Å². The molecule has 2 aliphatic rings. The zero-order chi connectivity index (χ0) is 9.15. The fraction of sp³-hybridized carbons (Fsp3) is 0.800. The molecule has 2 saturated carbocycles. The van der Waals surface area contributed by atoms with Crippen molar-refractivity contribution in [2.24, 2.45) is 16.7 Å². The first-order valence-corrected chi connectivity index (χ1v) is 4.50. The maximum atomic E-state index is 11.6. The summed E-state index contributed by atoms with van der Waals surface area (Å²) in [4.78, 5) is 23.0. The summed E-state index contributed by atoms with van der Waals surface area (Å²) in [5.74, 6) is -0.229. The summed E-state index contributed by atoms with van der Waals surface area (Å²) in [5.41, 5.74) is -0.448. The number of carbonyl (C=O) groups is 2. The maximum absolute atomic E-state index is 11.6. The van der Waals surface area contributed by atoms with Crippen molar-refractivity contribution in [1.29, 1.82) is 0 Å². The van der Waals surface area contributed by atoms with Gasteiger partial charge in [-0.2, -0.15) is 0 Å². The predicted molar refractivity (Wildman–Crippen MR) is 50.4 cm³/mol. The maximum Gasteiger partial charge on any atom is 0.205 e. The summed E-state index contributed by atoms with van der Waals surface area (Å²) in [6, 6.07) is 0. The first kappa shape index (κ1) is 11.3. The third kappa shape index (κ3) is 1.04. The molecule has 0 amide bonds. The van der Waals surface area contributed by atoms with Crippen molar-refractivity contribution in [3.8, 4) is 0 Å². The van der Waals surface area contributed by atoms with Crippen LogP contribution in [0.1, 0.15) is 33.6 Å². The standard InChI is InChI=1S/C10H14O2.Pb/c1-9(2)6-4-5-10(9,3)8(12)7(6)11;/h6H,4-5H2,1-3H3;. The molecule has 0 aromatic heterocycles. The van der Waals surface area contributed by atoms with Gasteiger partial charge in [0, 0.05) is 38.6 Å². The van der Waals surface area contributed by atoms with Gasteiger partial charge in [-0.1, -0.05) is 20.8 Å². The molecule has 0 aromatic carbocycles. The van der Waals surface area contributed by atoms with Gasteiger partial charge in [-0.3, -0.25) is 9.59 Å². The minimum atomic E-state index is -0.352. The molecule has 2 bridgehead atoms. The molecule has 0 saturated heterocycles. The largest absolute Gasteiger partial charge is 0.291 e. The Morgan fingerprint density at radius 1 is 1.23 bits per heavy atom. The topological polar surface area (TPSA) is 34.1 Å². The molecular weight excluding hydrogens is 359 g/mol. The molecule has 0 spiro atoms. The van der Waals surface area contributed by atoms with Crippen LogP contribution >= 0.6 is 0 Å². The molecule has 0 heterocycles. The Hall–Kier alpha value is 0.262. The number of Topliss-reactive ketones (excluding diaryl/α,β-unsaturated/α-hetero) is 2. The van der Waals surface area contributed by atoms with Gasteiger partial charge in [-0.15, -0.1) is 0 Å². The quantitative estimate of drug-likeness (QED) is 0.472. The van der Waals surface area contributed by atoms with Crippen LogP contribution in [-0.4, -0.2) is 38.9 Å². The van der Waals surface area contributed by atoms with Gasteiger partial charge in [0.1, 0.15) is 0 Å². The van der Waals surface area contributed by atoms with Crippen LogP contribution in [0.25, 0.3) is 0 Å². The van der Waals surface area contributed by atoms with E-state index in [-0.39, 0.29) is 55.6 Å². The molecule has 2 unspecified atom stereocenters. The molecule has 0 aliphatic heterocycles. The molecule has 0 N–H and O–H groups in total. The summed E-state index contributed by atoms with van der Waals surface area (Å²) < 4.78 is 0. The van der Waals surface area contributed by atoms with Gasteiger partial charge in [0.25, 0.3) is 0 Å². The molecule has 2 aliphatic carbocycles. The predicted octanol–water partition coefficient (Wildman–Crippen LogP) is 1.20. The minimum absolute atomic E-state index is 0. The van der Waals surface area contributed by atoms with E-state index in [1.807, 2.05) is 20.8 Å². The van der Waals surface area contributed by atoms with E-state index in [9.17, 15) is 9.59 Å². The molecule has 2 fully saturated rings. The average Bonchev–Trinajstić information content (AvgIpc) is 2.26. The van der Waals surface area contributed by atoms with Crippen molar-refractivity contribution in [3.05, 3.63) is 0 Å². The van der Waals surface area contributed by atoms with Gasteiger partial charge in [-0.25, -0.2) is 0 Å². The second-order valence-electron chi connectivity index (χ2n) is 4.84. The molecule has 0 aromatic rings. The number of carbonyl (C=O) groups excluding carboxylic acids is 2. The van der Waals surface area contributed by atoms with Crippen LogP contribution in [0.5, 0.6) is 0 Å². The molecule has 3 heteroatoms. The van der Waals surface area contributed by atoms with Gasteiger partial charge >= 0.3 is 0 Å². The molecule has 2 rings (SSSR count). The number of rotatable bonds is 0. The third-order valence-corrected chi connectivity index (χ3v) is 4.27. The monoisotopic (exact) mass is 374 g/mol. The van der Waals surface area contributed by atoms with Crippen molar-refractivity contribution in [3.63, 3.8) is 0 Å². The van der Waals surface area contributed by atoms with E-state index in [2.05, 4.69) is 0 Å². The van der Waals surface area contributed by atoms with Crippen molar-refractivity contribution in [1.82, 2.24) is 0 Å². The van der Waals surface area contributed by atoms with Crippen LogP contribution in [0.15, 0.2) is 0 Å². The molecule has 2 atom stereocenters. The zero-order valence-corrected chi connectivity index (χ0v) is 12.2. The summed E-state index contributed by atoms with van der Waals surface area (Å²) in [7, 11) is 0. The Morgan fingerprint density at radius 2 is 1.77 bits per heavy atom. The Balaban J connectivity index is 0.000000845. The summed E-state index contributed by atoms with van der Waals surface area (Å²) in [5, 5.41) is 0. The van der Waals surface area contributed by atoms with E-state index in [1.54, 1.807) is 0 Å². The fourth-order valence-corrected chi connectivity index (χ4v) is 2.80. The first-order chi connectivity index (χ1) is 5.41. The Labute approximate surface area is 98.6 Å². The van der Waals surface area contributed by atoms with Crippen LogP contribution in [0, 0.1) is 16.7 Å². The number of hydrogen-bond donors (Lipinski definition) is 0. The average molecular weight is 373 g/mol. The van der Waals surface area contributed by atoms with Gasteiger partial charge in [0.15, 0.2) is 0 Å². The van der Waals surface area contributed by atoms with Gasteiger partial charge < -0.3 is 0 Å². The smallest absolute Gasteiger partial charge is 0.205 e. The Bertz CT molecular complexity index is 283. The van der Waals surface area contributed by atoms with Crippen molar-refractivity contribution in [2.45, 2.75) is 33.6 Å². The van der Waals surface area contributed by atoms with E-state index in [1.165, 1.54) is 0 Å². The van der Waals surface area contributed by atoms with Crippen molar-refractivity contribution in [2.75, 3.05) is 0 Å². The van der Waals surface area contributed by atoms with E-state index < -0.39 is 0 Å². The number of hydrogen-bond acceptors (Lipinski definition) is 2. The van der Waals surface area contributed by atoms with Crippen LogP contribution in [0.3, 0.4) is 0 Å².